The zero-order valence-corrected chi connectivity index (χ0v) is 15.5. The largest absolute Gasteiger partial charge is 0.364 e. The van der Waals surface area contributed by atoms with E-state index in [4.69, 9.17) is 0 Å². The topological polar surface area (TPSA) is 62.0 Å². The van der Waals surface area contributed by atoms with E-state index in [-0.39, 0.29) is 28.3 Å². The second kappa shape index (κ2) is 5.20. The Balaban J connectivity index is 1.89. The lowest BCUT2D eigenvalue weighted by Gasteiger charge is -2.43. The average Bonchev–Trinajstić information content (AvgIpc) is 2.95. The molecule has 1 aliphatic heterocycles. The van der Waals surface area contributed by atoms with Crippen molar-refractivity contribution in [3.05, 3.63) is 46.6 Å². The molecule has 0 saturated carbocycles. The first-order valence-electron chi connectivity index (χ1n) is 9.10. The summed E-state index contributed by atoms with van der Waals surface area (Å²) in [7, 11) is 0. The molecule has 4 rings (SSSR count). The van der Waals surface area contributed by atoms with Gasteiger partial charge in [0.05, 0.1) is 5.92 Å². The molecule has 2 aliphatic carbocycles. The molecule has 132 valence electrons. The fourth-order valence-corrected chi connectivity index (χ4v) is 4.72. The molecule has 2 N–H and O–H groups in total. The van der Waals surface area contributed by atoms with Gasteiger partial charge in [-0.2, -0.15) is 0 Å². The van der Waals surface area contributed by atoms with Gasteiger partial charge in [0.15, 0.2) is 11.6 Å². The molecule has 3 aliphatic rings. The summed E-state index contributed by atoms with van der Waals surface area (Å²) in [5.74, 6) is 0.0958. The predicted molar refractivity (Wildman–Crippen MR) is 96.8 cm³/mol. The SMILES string of the molecule is CC1(C)CC(=O)C2=C(C1)NC1=C(C(=O)CC(C)(C)C1)C2c1ccc[nH]1. The minimum Gasteiger partial charge on any atom is -0.364 e. The Hall–Kier alpha value is -2.10. The number of carbonyl (C=O) groups excluding carboxylic acids is 2. The minimum absolute atomic E-state index is 0.0462. The Morgan fingerprint density at radius 3 is 1.84 bits per heavy atom. The van der Waals surface area contributed by atoms with E-state index in [1.165, 1.54) is 0 Å². The van der Waals surface area contributed by atoms with Crippen LogP contribution in [0.15, 0.2) is 40.9 Å². The minimum atomic E-state index is -0.242. The number of ketones is 2. The zero-order valence-electron chi connectivity index (χ0n) is 15.5. The van der Waals surface area contributed by atoms with Gasteiger partial charge in [0, 0.05) is 47.3 Å². The Labute approximate surface area is 148 Å². The van der Waals surface area contributed by atoms with E-state index in [2.05, 4.69) is 38.0 Å². The molecule has 4 nitrogen and oxygen atoms in total. The van der Waals surface area contributed by atoms with Gasteiger partial charge in [0.2, 0.25) is 0 Å². The van der Waals surface area contributed by atoms with Crippen LogP contribution < -0.4 is 5.32 Å². The molecular formula is C21H26N2O2. The van der Waals surface area contributed by atoms with Gasteiger partial charge in [0.1, 0.15) is 0 Å². The van der Waals surface area contributed by atoms with Crippen LogP contribution in [0.5, 0.6) is 0 Å². The van der Waals surface area contributed by atoms with Crippen molar-refractivity contribution in [3.8, 4) is 0 Å². The Kier molecular flexibility index (Phi) is 3.40. The van der Waals surface area contributed by atoms with Gasteiger partial charge in [0.25, 0.3) is 0 Å². The molecule has 0 fully saturated rings. The summed E-state index contributed by atoms with van der Waals surface area (Å²) in [6.45, 7) is 8.56. The molecule has 1 aromatic heterocycles. The molecular weight excluding hydrogens is 312 g/mol. The number of hydrogen-bond donors (Lipinski definition) is 2. The lowest BCUT2D eigenvalue weighted by molar-refractivity contribution is -0.119. The number of Topliss-reactive ketones (excluding diaryl/α,β-unsaturated/α-hetero) is 2. The molecule has 0 spiro atoms. The first-order chi connectivity index (χ1) is 11.7. The van der Waals surface area contributed by atoms with Crippen LogP contribution in [-0.4, -0.2) is 16.6 Å². The third kappa shape index (κ3) is 2.68. The highest BCUT2D eigenvalue weighted by Crippen LogP contribution is 2.50. The van der Waals surface area contributed by atoms with E-state index in [0.29, 0.717) is 12.8 Å². The number of allylic oxidation sites excluding steroid dienone is 4. The smallest absolute Gasteiger partial charge is 0.162 e. The Morgan fingerprint density at radius 1 is 0.880 bits per heavy atom. The molecule has 0 aromatic carbocycles. The highest BCUT2D eigenvalue weighted by Gasteiger charge is 2.46. The maximum absolute atomic E-state index is 13.0. The summed E-state index contributed by atoms with van der Waals surface area (Å²) < 4.78 is 0. The molecule has 2 heterocycles. The predicted octanol–water partition coefficient (Wildman–Crippen LogP) is 3.99. The van der Waals surface area contributed by atoms with Crippen LogP contribution in [0.3, 0.4) is 0 Å². The van der Waals surface area contributed by atoms with Crippen LogP contribution >= 0.6 is 0 Å². The van der Waals surface area contributed by atoms with Crippen molar-refractivity contribution in [1.29, 1.82) is 0 Å². The third-order valence-corrected chi connectivity index (χ3v) is 5.65. The van der Waals surface area contributed by atoms with E-state index in [1.54, 1.807) is 0 Å². The van der Waals surface area contributed by atoms with Gasteiger partial charge in [-0.05, 0) is 35.8 Å². The van der Waals surface area contributed by atoms with Gasteiger partial charge >= 0.3 is 0 Å². The molecule has 0 radical (unpaired) electrons. The van der Waals surface area contributed by atoms with E-state index in [0.717, 1.165) is 41.1 Å². The molecule has 0 saturated heterocycles. The van der Waals surface area contributed by atoms with Gasteiger partial charge in [-0.25, -0.2) is 0 Å². The third-order valence-electron chi connectivity index (χ3n) is 5.65. The van der Waals surface area contributed by atoms with E-state index < -0.39 is 0 Å². The molecule has 0 unspecified atom stereocenters. The molecule has 25 heavy (non-hydrogen) atoms. The van der Waals surface area contributed by atoms with Crippen LogP contribution in [0.1, 0.15) is 65.0 Å². The zero-order chi connectivity index (χ0) is 18.0. The monoisotopic (exact) mass is 338 g/mol. The first kappa shape index (κ1) is 16.4. The second-order valence-corrected chi connectivity index (χ2v) is 9.35. The fourth-order valence-electron chi connectivity index (χ4n) is 4.72. The maximum Gasteiger partial charge on any atom is 0.162 e. The molecule has 0 amide bonds. The number of hydrogen-bond acceptors (Lipinski definition) is 3. The van der Waals surface area contributed by atoms with Crippen molar-refractivity contribution in [2.24, 2.45) is 10.8 Å². The second-order valence-electron chi connectivity index (χ2n) is 9.35. The quantitative estimate of drug-likeness (QED) is 0.814. The van der Waals surface area contributed by atoms with Gasteiger partial charge in [-0.1, -0.05) is 27.7 Å². The molecule has 0 atom stereocenters. The number of rotatable bonds is 1. The standard InChI is InChI=1S/C21H26N2O2/c1-20(2)8-13-17(15(24)10-20)19(12-6-5-7-22-12)18-14(23-13)9-21(3,4)11-16(18)25/h5-7,19,22-23H,8-11H2,1-4H3. The van der Waals surface area contributed by atoms with Crippen molar-refractivity contribution in [1.82, 2.24) is 10.3 Å². The van der Waals surface area contributed by atoms with Crippen LogP contribution in [0.4, 0.5) is 0 Å². The number of carbonyl (C=O) groups is 2. The summed E-state index contributed by atoms with van der Waals surface area (Å²) in [4.78, 5) is 29.3. The molecule has 0 bridgehead atoms. The number of aromatic nitrogens is 1. The normalized spacial score (nSPS) is 25.6. The summed E-state index contributed by atoms with van der Waals surface area (Å²) in [6, 6.07) is 3.93. The highest BCUT2D eigenvalue weighted by molar-refractivity contribution is 6.06. The summed E-state index contributed by atoms with van der Waals surface area (Å²) in [6.07, 6.45) is 4.62. The van der Waals surface area contributed by atoms with E-state index >= 15 is 0 Å². The number of dihydropyridines is 1. The molecule has 1 aromatic rings. The van der Waals surface area contributed by atoms with Gasteiger partial charge in [-0.15, -0.1) is 0 Å². The maximum atomic E-state index is 13.0. The van der Waals surface area contributed by atoms with Crippen molar-refractivity contribution in [2.75, 3.05) is 0 Å². The lowest BCUT2D eigenvalue weighted by atomic mass is 9.65. The van der Waals surface area contributed by atoms with E-state index in [9.17, 15) is 9.59 Å². The van der Waals surface area contributed by atoms with Crippen molar-refractivity contribution in [3.63, 3.8) is 0 Å². The highest BCUT2D eigenvalue weighted by atomic mass is 16.1. The molecule has 4 heteroatoms. The van der Waals surface area contributed by atoms with Crippen LogP contribution in [-0.2, 0) is 9.59 Å². The Morgan fingerprint density at radius 2 is 1.40 bits per heavy atom. The van der Waals surface area contributed by atoms with Crippen molar-refractivity contribution < 1.29 is 9.59 Å². The number of aromatic amines is 1. The Bertz CT molecular complexity index is 770. The average molecular weight is 338 g/mol. The van der Waals surface area contributed by atoms with Crippen molar-refractivity contribution in [2.45, 2.75) is 59.3 Å². The van der Waals surface area contributed by atoms with Crippen LogP contribution in [0.25, 0.3) is 0 Å². The van der Waals surface area contributed by atoms with Crippen LogP contribution in [0.2, 0.25) is 0 Å². The summed E-state index contributed by atoms with van der Waals surface area (Å²) in [5, 5.41) is 3.53. The number of H-pyrrole nitrogens is 1. The summed E-state index contributed by atoms with van der Waals surface area (Å²) >= 11 is 0. The van der Waals surface area contributed by atoms with Crippen LogP contribution in [0, 0.1) is 10.8 Å². The van der Waals surface area contributed by atoms with Gasteiger partial charge < -0.3 is 10.3 Å². The first-order valence-corrected chi connectivity index (χ1v) is 9.10. The fraction of sp³-hybridized carbons (Fsp3) is 0.524. The van der Waals surface area contributed by atoms with Crippen molar-refractivity contribution >= 4 is 11.6 Å². The van der Waals surface area contributed by atoms with Gasteiger partial charge in [-0.3, -0.25) is 9.59 Å². The summed E-state index contributed by atoms with van der Waals surface area (Å²) in [5.41, 5.74) is 4.49. The number of nitrogens with one attached hydrogen (secondary N) is 2. The van der Waals surface area contributed by atoms with E-state index in [1.807, 2.05) is 18.3 Å². The lowest BCUT2D eigenvalue weighted by Crippen LogP contribution is -2.42.